The highest BCUT2D eigenvalue weighted by Gasteiger charge is 2.11. The molecule has 0 radical (unpaired) electrons. The molecule has 0 aliphatic carbocycles. The van der Waals surface area contributed by atoms with Crippen molar-refractivity contribution in [3.63, 3.8) is 0 Å². The third-order valence-corrected chi connectivity index (χ3v) is 4.89. The Hall–Kier alpha value is -1.99. The van der Waals surface area contributed by atoms with Gasteiger partial charge >= 0.3 is 0 Å². The van der Waals surface area contributed by atoms with Crippen LogP contribution in [0, 0.1) is 0 Å². The number of aryl methyl sites for hydroxylation is 1. The molecule has 1 N–H and O–H groups in total. The molecule has 3 rings (SSSR count). The predicted octanol–water partition coefficient (Wildman–Crippen LogP) is 2.91. The fourth-order valence-corrected chi connectivity index (χ4v) is 3.72. The third-order valence-electron chi connectivity index (χ3n) is 2.94. The summed E-state index contributed by atoms with van der Waals surface area (Å²) in [7, 11) is 1.96. The van der Waals surface area contributed by atoms with Crippen molar-refractivity contribution in [3.8, 4) is 21.4 Å². The molecule has 0 aromatic carbocycles. The molecule has 0 aliphatic heterocycles. The molecule has 5 nitrogen and oxygen atoms in total. The van der Waals surface area contributed by atoms with E-state index in [0.29, 0.717) is 6.54 Å². The van der Waals surface area contributed by atoms with Gasteiger partial charge in [0.1, 0.15) is 0 Å². The van der Waals surface area contributed by atoms with Crippen molar-refractivity contribution >= 4 is 28.6 Å². The minimum Gasteiger partial charge on any atom is -0.351 e. The van der Waals surface area contributed by atoms with Crippen LogP contribution in [0.15, 0.2) is 29.9 Å². The van der Waals surface area contributed by atoms with Crippen molar-refractivity contribution < 1.29 is 4.79 Å². The average molecular weight is 318 g/mol. The Labute approximate surface area is 130 Å². The van der Waals surface area contributed by atoms with E-state index in [0.717, 1.165) is 26.3 Å². The zero-order valence-corrected chi connectivity index (χ0v) is 13.3. The summed E-state index contributed by atoms with van der Waals surface area (Å²) in [6, 6.07) is 4.06. The van der Waals surface area contributed by atoms with Gasteiger partial charge in [0.05, 0.1) is 17.1 Å². The van der Waals surface area contributed by atoms with Crippen LogP contribution in [0.2, 0.25) is 0 Å². The van der Waals surface area contributed by atoms with Crippen molar-refractivity contribution in [2.24, 2.45) is 7.05 Å². The lowest BCUT2D eigenvalue weighted by Gasteiger charge is -1.97. The maximum atomic E-state index is 10.9. The van der Waals surface area contributed by atoms with Crippen LogP contribution >= 0.6 is 22.7 Å². The summed E-state index contributed by atoms with van der Waals surface area (Å²) >= 11 is 3.23. The van der Waals surface area contributed by atoms with Gasteiger partial charge in [-0.05, 0) is 12.1 Å². The van der Waals surface area contributed by atoms with E-state index < -0.39 is 0 Å². The first-order valence-electron chi connectivity index (χ1n) is 6.40. The van der Waals surface area contributed by atoms with Crippen molar-refractivity contribution in [2.45, 2.75) is 13.5 Å². The largest absolute Gasteiger partial charge is 0.351 e. The van der Waals surface area contributed by atoms with Gasteiger partial charge < -0.3 is 9.88 Å². The topological polar surface area (TPSA) is 59.8 Å². The average Bonchev–Trinajstić information content (AvgIpc) is 3.15. The molecule has 108 valence electrons. The van der Waals surface area contributed by atoms with E-state index in [2.05, 4.69) is 15.3 Å². The molecule has 21 heavy (non-hydrogen) atoms. The molecule has 7 heteroatoms. The zero-order valence-electron chi connectivity index (χ0n) is 11.7. The number of aromatic nitrogens is 3. The Morgan fingerprint density at radius 2 is 2.29 bits per heavy atom. The van der Waals surface area contributed by atoms with E-state index in [1.54, 1.807) is 28.9 Å². The molecule has 3 heterocycles. The zero-order chi connectivity index (χ0) is 14.8. The molecule has 3 aromatic rings. The maximum absolute atomic E-state index is 10.9. The number of thiophene rings is 1. The predicted molar refractivity (Wildman–Crippen MR) is 85.1 cm³/mol. The van der Waals surface area contributed by atoms with E-state index in [9.17, 15) is 4.79 Å². The van der Waals surface area contributed by atoms with E-state index >= 15 is 0 Å². The molecule has 1 amide bonds. The highest BCUT2D eigenvalue weighted by Crippen LogP contribution is 2.32. The smallest absolute Gasteiger partial charge is 0.217 e. The number of nitrogens with zero attached hydrogens (tertiary/aromatic N) is 3. The van der Waals surface area contributed by atoms with Crippen LogP contribution in [-0.2, 0) is 18.4 Å². The Morgan fingerprint density at radius 1 is 1.43 bits per heavy atom. The molecule has 0 fully saturated rings. The Balaban J connectivity index is 1.80. The second kappa shape index (κ2) is 5.79. The summed E-state index contributed by atoms with van der Waals surface area (Å²) in [5.74, 6) is 0.858. The highest BCUT2D eigenvalue weighted by molar-refractivity contribution is 7.16. The number of carbonyl (C=O) groups excluding carboxylic acids is 1. The molecule has 0 unspecified atom stereocenters. The van der Waals surface area contributed by atoms with Gasteiger partial charge in [-0.25, -0.2) is 9.97 Å². The van der Waals surface area contributed by atoms with Crippen LogP contribution in [0.1, 0.15) is 11.8 Å². The SMILES string of the molecule is CC(=O)NCc1ccc(-c2csc(-c3nccn3C)n2)s1. The quantitative estimate of drug-likeness (QED) is 0.804. The van der Waals surface area contributed by atoms with Crippen LogP contribution in [0.25, 0.3) is 21.4 Å². The summed E-state index contributed by atoms with van der Waals surface area (Å²) in [5, 5.41) is 5.75. The first-order valence-corrected chi connectivity index (χ1v) is 8.10. The third kappa shape index (κ3) is 3.03. The summed E-state index contributed by atoms with van der Waals surface area (Å²) in [6.07, 6.45) is 3.68. The van der Waals surface area contributed by atoms with Crippen molar-refractivity contribution in [1.29, 1.82) is 0 Å². The molecule has 0 bridgehead atoms. The van der Waals surface area contributed by atoms with E-state index in [1.807, 2.05) is 35.3 Å². The number of carbonyl (C=O) groups is 1. The minimum absolute atomic E-state index is 0.0179. The molecular formula is C14H14N4OS2. The monoisotopic (exact) mass is 318 g/mol. The van der Waals surface area contributed by atoms with Gasteiger partial charge in [0.15, 0.2) is 10.8 Å². The molecule has 0 saturated carbocycles. The van der Waals surface area contributed by atoms with E-state index in [4.69, 9.17) is 0 Å². The van der Waals surface area contributed by atoms with Gasteiger partial charge in [-0.15, -0.1) is 22.7 Å². The molecule has 0 aliphatic rings. The van der Waals surface area contributed by atoms with Crippen molar-refractivity contribution in [3.05, 3.63) is 34.8 Å². The van der Waals surface area contributed by atoms with Crippen LogP contribution in [0.5, 0.6) is 0 Å². The van der Waals surface area contributed by atoms with E-state index in [1.165, 1.54) is 6.92 Å². The number of rotatable bonds is 4. The lowest BCUT2D eigenvalue weighted by atomic mass is 10.3. The van der Waals surface area contributed by atoms with Gasteiger partial charge in [-0.3, -0.25) is 4.79 Å². The number of thiazole rings is 1. The molecule has 3 aromatic heterocycles. The van der Waals surface area contributed by atoms with Crippen LogP contribution in [0.3, 0.4) is 0 Å². The fraction of sp³-hybridized carbons (Fsp3) is 0.214. The van der Waals surface area contributed by atoms with Gasteiger partial charge in [-0.2, -0.15) is 0 Å². The summed E-state index contributed by atoms with van der Waals surface area (Å²) < 4.78 is 1.96. The lowest BCUT2D eigenvalue weighted by Crippen LogP contribution is -2.17. The van der Waals surface area contributed by atoms with Gasteiger partial charge in [0, 0.05) is 36.6 Å². The van der Waals surface area contributed by atoms with Crippen LogP contribution in [0.4, 0.5) is 0 Å². The first kappa shape index (κ1) is 14.0. The molecule has 0 saturated heterocycles. The van der Waals surface area contributed by atoms with Gasteiger partial charge in [-0.1, -0.05) is 0 Å². The first-order chi connectivity index (χ1) is 10.1. The van der Waals surface area contributed by atoms with Crippen LogP contribution in [-0.4, -0.2) is 20.4 Å². The van der Waals surface area contributed by atoms with Crippen molar-refractivity contribution in [1.82, 2.24) is 19.9 Å². The molecule has 0 atom stereocenters. The second-order valence-electron chi connectivity index (χ2n) is 4.58. The van der Waals surface area contributed by atoms with Crippen molar-refractivity contribution in [2.75, 3.05) is 0 Å². The van der Waals surface area contributed by atoms with Gasteiger partial charge in [0.2, 0.25) is 5.91 Å². The highest BCUT2D eigenvalue weighted by atomic mass is 32.1. The summed E-state index contributed by atoms with van der Waals surface area (Å²) in [4.78, 5) is 22.1. The Bertz CT molecular complexity index is 771. The van der Waals surface area contributed by atoms with E-state index in [-0.39, 0.29) is 5.91 Å². The number of amides is 1. The second-order valence-corrected chi connectivity index (χ2v) is 6.60. The number of hydrogen-bond acceptors (Lipinski definition) is 5. The molecular weight excluding hydrogens is 304 g/mol. The molecule has 0 spiro atoms. The summed E-state index contributed by atoms with van der Waals surface area (Å²) in [5.41, 5.74) is 0.956. The fourth-order valence-electron chi connectivity index (χ4n) is 1.88. The Kier molecular flexibility index (Phi) is 3.85. The van der Waals surface area contributed by atoms with Gasteiger partial charge in [0.25, 0.3) is 0 Å². The maximum Gasteiger partial charge on any atom is 0.217 e. The van der Waals surface area contributed by atoms with Crippen LogP contribution < -0.4 is 5.32 Å². The summed E-state index contributed by atoms with van der Waals surface area (Å²) in [6.45, 7) is 2.09. The Morgan fingerprint density at radius 3 is 3.00 bits per heavy atom. The lowest BCUT2D eigenvalue weighted by molar-refractivity contribution is -0.119. The normalized spacial score (nSPS) is 10.8. The number of hydrogen-bond donors (Lipinski definition) is 1. The number of imidazole rings is 1. The minimum atomic E-state index is -0.0179. The standard InChI is InChI=1S/C14H14N4OS2/c1-9(19)16-7-10-3-4-12(21-10)11-8-20-14(17-11)13-15-5-6-18(13)2/h3-6,8H,7H2,1-2H3,(H,16,19). The number of nitrogens with one attached hydrogen (secondary N) is 1.